The van der Waals surface area contributed by atoms with Gasteiger partial charge in [-0.25, -0.2) is 4.79 Å². The average molecular weight is 232 g/mol. The van der Waals surface area contributed by atoms with Crippen molar-refractivity contribution >= 4 is 12.0 Å². The van der Waals surface area contributed by atoms with Gasteiger partial charge in [0.15, 0.2) is 0 Å². The predicted octanol–water partition coefficient (Wildman–Crippen LogP) is 0.00970. The first-order valence-electron chi connectivity index (χ1n) is 5.33. The third-order valence-electron chi connectivity index (χ3n) is 1.88. The lowest BCUT2D eigenvalue weighted by Crippen LogP contribution is -2.39. The molecule has 1 unspecified atom stereocenters. The molecule has 0 rings (SSSR count). The van der Waals surface area contributed by atoms with Crippen LogP contribution in [-0.4, -0.2) is 43.4 Å². The summed E-state index contributed by atoms with van der Waals surface area (Å²) in [7, 11) is 1.35. The summed E-state index contributed by atoms with van der Waals surface area (Å²) in [5.74, 6) is -0.237. The first kappa shape index (κ1) is 14.7. The van der Waals surface area contributed by atoms with Gasteiger partial charge in [-0.05, 0) is 19.8 Å². The van der Waals surface area contributed by atoms with Gasteiger partial charge in [-0.2, -0.15) is 0 Å². The average Bonchev–Trinajstić information content (AvgIpc) is 2.25. The first-order valence-corrected chi connectivity index (χ1v) is 5.33. The molecular formula is C10H20N2O4. The van der Waals surface area contributed by atoms with Crippen LogP contribution in [0.15, 0.2) is 0 Å². The molecule has 6 nitrogen and oxygen atoms in total. The maximum atomic E-state index is 11.1. The van der Waals surface area contributed by atoms with E-state index in [2.05, 4.69) is 15.4 Å². The smallest absolute Gasteiger partial charge is 0.314 e. The van der Waals surface area contributed by atoms with Gasteiger partial charge in [0.2, 0.25) is 0 Å². The fourth-order valence-corrected chi connectivity index (χ4v) is 1.00. The molecule has 94 valence electrons. The van der Waals surface area contributed by atoms with Crippen molar-refractivity contribution in [3.05, 3.63) is 0 Å². The Hall–Kier alpha value is -1.30. The Morgan fingerprint density at radius 1 is 1.31 bits per heavy atom. The van der Waals surface area contributed by atoms with Gasteiger partial charge in [0.05, 0.1) is 13.2 Å². The van der Waals surface area contributed by atoms with Crippen molar-refractivity contribution in [3.63, 3.8) is 0 Å². The SMILES string of the molecule is COC(=O)CCCCNC(=O)NCC(C)O. The highest BCUT2D eigenvalue weighted by atomic mass is 16.5. The largest absolute Gasteiger partial charge is 0.469 e. The predicted molar refractivity (Wildman–Crippen MR) is 58.9 cm³/mol. The molecule has 16 heavy (non-hydrogen) atoms. The minimum absolute atomic E-state index is 0.230. The lowest BCUT2D eigenvalue weighted by molar-refractivity contribution is -0.140. The number of hydrogen-bond donors (Lipinski definition) is 3. The number of carbonyl (C=O) groups excluding carboxylic acids is 2. The van der Waals surface area contributed by atoms with Crippen LogP contribution in [0.5, 0.6) is 0 Å². The molecule has 0 radical (unpaired) electrons. The number of methoxy groups -OCH3 is 1. The molecule has 0 heterocycles. The van der Waals surface area contributed by atoms with Crippen molar-refractivity contribution < 1.29 is 19.4 Å². The van der Waals surface area contributed by atoms with Crippen molar-refractivity contribution in [2.24, 2.45) is 0 Å². The topological polar surface area (TPSA) is 87.7 Å². The zero-order valence-electron chi connectivity index (χ0n) is 9.78. The number of unbranched alkanes of at least 4 members (excludes halogenated alkanes) is 1. The molecule has 0 aliphatic rings. The van der Waals surface area contributed by atoms with Crippen LogP contribution in [-0.2, 0) is 9.53 Å². The lowest BCUT2D eigenvalue weighted by Gasteiger charge is -2.08. The maximum Gasteiger partial charge on any atom is 0.314 e. The van der Waals surface area contributed by atoms with Gasteiger partial charge >= 0.3 is 12.0 Å². The normalized spacial score (nSPS) is 11.7. The molecule has 0 saturated heterocycles. The van der Waals surface area contributed by atoms with Gasteiger partial charge in [-0.3, -0.25) is 4.79 Å². The molecule has 0 aromatic rings. The summed E-state index contributed by atoms with van der Waals surface area (Å²) in [4.78, 5) is 21.8. The second-order valence-electron chi connectivity index (χ2n) is 3.52. The number of nitrogens with one attached hydrogen (secondary N) is 2. The number of hydrogen-bond acceptors (Lipinski definition) is 4. The Morgan fingerprint density at radius 2 is 2.00 bits per heavy atom. The van der Waals surface area contributed by atoms with Crippen LogP contribution >= 0.6 is 0 Å². The minimum atomic E-state index is -0.551. The fraction of sp³-hybridized carbons (Fsp3) is 0.800. The van der Waals surface area contributed by atoms with Crippen LogP contribution in [0.1, 0.15) is 26.2 Å². The molecule has 0 aromatic heterocycles. The van der Waals surface area contributed by atoms with Gasteiger partial charge in [0, 0.05) is 19.5 Å². The van der Waals surface area contributed by atoms with Crippen molar-refractivity contribution in [3.8, 4) is 0 Å². The van der Waals surface area contributed by atoms with Crippen molar-refractivity contribution in [1.82, 2.24) is 10.6 Å². The van der Waals surface area contributed by atoms with Gasteiger partial charge < -0.3 is 20.5 Å². The summed E-state index contributed by atoms with van der Waals surface area (Å²) < 4.78 is 4.48. The van der Waals surface area contributed by atoms with Crippen molar-refractivity contribution in [2.45, 2.75) is 32.3 Å². The molecule has 6 heteroatoms. The molecule has 0 aromatic carbocycles. The zero-order chi connectivity index (χ0) is 12.4. The number of esters is 1. The Kier molecular flexibility index (Phi) is 8.24. The molecule has 0 bridgehead atoms. The highest BCUT2D eigenvalue weighted by molar-refractivity contribution is 5.73. The summed E-state index contributed by atoms with van der Waals surface area (Å²) in [6.07, 6.45) is 1.22. The van der Waals surface area contributed by atoms with Crippen LogP contribution in [0.25, 0.3) is 0 Å². The van der Waals surface area contributed by atoms with Gasteiger partial charge in [0.25, 0.3) is 0 Å². The molecule has 2 amide bonds. The zero-order valence-corrected chi connectivity index (χ0v) is 9.78. The molecule has 0 aliphatic carbocycles. The number of carbonyl (C=O) groups is 2. The van der Waals surface area contributed by atoms with E-state index in [-0.39, 0.29) is 18.5 Å². The van der Waals surface area contributed by atoms with E-state index in [9.17, 15) is 9.59 Å². The highest BCUT2D eigenvalue weighted by Gasteiger charge is 2.02. The van der Waals surface area contributed by atoms with E-state index < -0.39 is 6.10 Å². The highest BCUT2D eigenvalue weighted by Crippen LogP contribution is 1.95. The van der Waals surface area contributed by atoms with Gasteiger partial charge in [0.1, 0.15) is 0 Å². The van der Waals surface area contributed by atoms with Gasteiger partial charge in [-0.1, -0.05) is 0 Å². The molecule has 0 aliphatic heterocycles. The van der Waals surface area contributed by atoms with E-state index in [1.165, 1.54) is 7.11 Å². The summed E-state index contributed by atoms with van der Waals surface area (Å²) in [5.41, 5.74) is 0. The summed E-state index contributed by atoms with van der Waals surface area (Å²) in [6, 6.07) is -0.307. The third-order valence-corrected chi connectivity index (χ3v) is 1.88. The standard InChI is InChI=1S/C10H20N2O4/c1-8(13)7-12-10(15)11-6-4-3-5-9(14)16-2/h8,13H,3-7H2,1-2H3,(H2,11,12,15). The second kappa shape index (κ2) is 8.96. The number of amides is 2. The minimum Gasteiger partial charge on any atom is -0.469 e. The van der Waals surface area contributed by atoms with Crippen molar-refractivity contribution in [2.75, 3.05) is 20.2 Å². The van der Waals surface area contributed by atoms with Crippen LogP contribution in [0.4, 0.5) is 4.79 Å². The summed E-state index contributed by atoms with van der Waals surface area (Å²) in [6.45, 7) is 2.33. The van der Waals surface area contributed by atoms with E-state index >= 15 is 0 Å². The summed E-state index contributed by atoms with van der Waals surface area (Å²) in [5, 5.41) is 14.0. The molecule has 3 N–H and O–H groups in total. The van der Waals surface area contributed by atoms with E-state index in [0.717, 1.165) is 6.42 Å². The Labute approximate surface area is 95.4 Å². The van der Waals surface area contributed by atoms with Crippen LogP contribution in [0, 0.1) is 0 Å². The van der Waals surface area contributed by atoms with E-state index in [1.807, 2.05) is 0 Å². The van der Waals surface area contributed by atoms with Gasteiger partial charge in [-0.15, -0.1) is 0 Å². The molecule has 0 fully saturated rings. The van der Waals surface area contributed by atoms with E-state index in [1.54, 1.807) is 6.92 Å². The second-order valence-corrected chi connectivity index (χ2v) is 3.52. The van der Waals surface area contributed by atoms with E-state index in [4.69, 9.17) is 5.11 Å². The monoisotopic (exact) mass is 232 g/mol. The van der Waals surface area contributed by atoms with Crippen LogP contribution in [0.2, 0.25) is 0 Å². The van der Waals surface area contributed by atoms with Crippen LogP contribution < -0.4 is 10.6 Å². The number of ether oxygens (including phenoxy) is 1. The fourth-order valence-electron chi connectivity index (χ4n) is 1.00. The Bertz CT molecular complexity index is 219. The lowest BCUT2D eigenvalue weighted by atomic mass is 10.2. The number of urea groups is 1. The Morgan fingerprint density at radius 3 is 2.56 bits per heavy atom. The quantitative estimate of drug-likeness (QED) is 0.426. The Balaban J connectivity index is 3.31. The number of rotatable bonds is 7. The number of aliphatic hydroxyl groups excluding tert-OH is 1. The molecule has 0 spiro atoms. The van der Waals surface area contributed by atoms with E-state index in [0.29, 0.717) is 19.4 Å². The maximum absolute atomic E-state index is 11.1. The summed E-state index contributed by atoms with van der Waals surface area (Å²) >= 11 is 0. The van der Waals surface area contributed by atoms with Crippen LogP contribution in [0.3, 0.4) is 0 Å². The van der Waals surface area contributed by atoms with Crippen molar-refractivity contribution in [1.29, 1.82) is 0 Å². The molecule has 1 atom stereocenters. The number of aliphatic hydroxyl groups is 1. The third kappa shape index (κ3) is 9.26. The molecule has 0 saturated carbocycles. The molecular weight excluding hydrogens is 212 g/mol. The first-order chi connectivity index (χ1) is 7.56.